The number of H-pyrrole nitrogens is 1. The number of primary amides is 1. The first-order valence-electron chi connectivity index (χ1n) is 9.17. The van der Waals surface area contributed by atoms with Crippen LogP contribution in [0.3, 0.4) is 0 Å². The number of carbonyl (C=O) groups excluding carboxylic acids is 2. The average Bonchev–Trinajstić information content (AvgIpc) is 3.00. The Morgan fingerprint density at radius 2 is 1.76 bits per heavy atom. The Bertz CT molecular complexity index is 1100. The van der Waals surface area contributed by atoms with E-state index in [9.17, 15) is 22.8 Å². The third-order valence-electron chi connectivity index (χ3n) is 5.42. The van der Waals surface area contributed by atoms with Crippen LogP contribution >= 0.6 is 0 Å². The van der Waals surface area contributed by atoms with E-state index in [1.807, 2.05) is 0 Å². The zero-order valence-electron chi connectivity index (χ0n) is 15.3. The fraction of sp³-hybridized carbons (Fsp3) is 0.238. The van der Waals surface area contributed by atoms with Gasteiger partial charge in [0, 0.05) is 18.0 Å². The minimum Gasteiger partial charge on any atom is -0.361 e. The Hall–Kier alpha value is -3.29. The molecular formula is C21H18F3N3O2. The van der Waals surface area contributed by atoms with E-state index >= 15 is 0 Å². The molecule has 0 bridgehead atoms. The maximum Gasteiger partial charge on any atom is 0.309 e. The zero-order chi connectivity index (χ0) is 20.7. The summed E-state index contributed by atoms with van der Waals surface area (Å²) in [4.78, 5) is 25.2. The van der Waals surface area contributed by atoms with Crippen LogP contribution in [0, 0.1) is 23.4 Å². The van der Waals surface area contributed by atoms with Crippen molar-refractivity contribution in [3.8, 4) is 11.3 Å². The molecule has 0 unspecified atom stereocenters. The minimum absolute atomic E-state index is 0.000447. The number of aromatic amines is 1. The van der Waals surface area contributed by atoms with E-state index in [4.69, 9.17) is 5.73 Å². The molecule has 5 nitrogen and oxygen atoms in total. The zero-order valence-corrected chi connectivity index (χ0v) is 15.3. The lowest BCUT2D eigenvalue weighted by Crippen LogP contribution is -2.41. The normalized spacial score (nSPS) is 18.4. The van der Waals surface area contributed by atoms with Gasteiger partial charge >= 0.3 is 11.8 Å². The Kier molecular flexibility index (Phi) is 4.77. The van der Waals surface area contributed by atoms with Crippen LogP contribution in [0.2, 0.25) is 0 Å². The van der Waals surface area contributed by atoms with Crippen molar-refractivity contribution in [3.05, 3.63) is 59.4 Å². The van der Waals surface area contributed by atoms with E-state index in [1.54, 1.807) is 12.1 Å². The maximum atomic E-state index is 14.3. The van der Waals surface area contributed by atoms with Crippen LogP contribution in [-0.4, -0.2) is 23.3 Å². The van der Waals surface area contributed by atoms with Gasteiger partial charge < -0.3 is 16.0 Å². The van der Waals surface area contributed by atoms with Crippen LogP contribution in [0.15, 0.2) is 36.4 Å². The van der Waals surface area contributed by atoms with E-state index in [1.165, 1.54) is 18.2 Å². The molecule has 1 saturated carbocycles. The van der Waals surface area contributed by atoms with Gasteiger partial charge in [0.05, 0.1) is 11.2 Å². The van der Waals surface area contributed by atoms with Crippen molar-refractivity contribution < 1.29 is 22.8 Å². The molecule has 8 heteroatoms. The highest BCUT2D eigenvalue weighted by atomic mass is 19.1. The van der Waals surface area contributed by atoms with Gasteiger partial charge in [0.1, 0.15) is 17.5 Å². The van der Waals surface area contributed by atoms with Gasteiger partial charge in [-0.2, -0.15) is 0 Å². The molecule has 0 spiro atoms. The molecule has 0 aliphatic heterocycles. The second-order valence-electron chi connectivity index (χ2n) is 7.34. The van der Waals surface area contributed by atoms with E-state index < -0.39 is 29.3 Å². The van der Waals surface area contributed by atoms with Gasteiger partial charge in [-0.05, 0) is 66.1 Å². The van der Waals surface area contributed by atoms with Gasteiger partial charge in [-0.1, -0.05) is 0 Å². The molecule has 3 aromatic rings. The van der Waals surface area contributed by atoms with Gasteiger partial charge in [-0.3, -0.25) is 9.59 Å². The molecule has 29 heavy (non-hydrogen) atoms. The molecule has 2 amide bonds. The summed E-state index contributed by atoms with van der Waals surface area (Å²) in [5, 5.41) is 2.93. The molecule has 4 rings (SSSR count). The molecule has 0 saturated heterocycles. The van der Waals surface area contributed by atoms with Crippen molar-refractivity contribution >= 4 is 22.7 Å². The number of halogens is 3. The van der Waals surface area contributed by atoms with Crippen molar-refractivity contribution in [1.82, 2.24) is 10.3 Å². The number of hydrogen-bond acceptors (Lipinski definition) is 2. The van der Waals surface area contributed by atoms with Crippen LogP contribution < -0.4 is 11.1 Å². The standard InChI is InChI=1S/C21H18F3N3O2/c22-13-3-1-11(2-4-13)18-17(15-7-14(23)8-16(24)19(15)27-18)12-5-10(6-12)9-26-21(29)20(25)28/h1-4,7-8,10,12,27H,5-6,9H2,(H2,25,28)(H,26,29). The largest absolute Gasteiger partial charge is 0.361 e. The van der Waals surface area contributed by atoms with Gasteiger partial charge in [0.2, 0.25) is 0 Å². The monoisotopic (exact) mass is 401 g/mol. The molecule has 0 atom stereocenters. The summed E-state index contributed by atoms with van der Waals surface area (Å²) in [7, 11) is 0. The molecule has 150 valence electrons. The Balaban J connectivity index is 1.66. The first-order valence-corrected chi connectivity index (χ1v) is 9.17. The summed E-state index contributed by atoms with van der Waals surface area (Å²) in [6.45, 7) is 0.301. The van der Waals surface area contributed by atoms with E-state index in [0.717, 1.165) is 11.6 Å². The summed E-state index contributed by atoms with van der Waals surface area (Å²) in [5.41, 5.74) is 7.17. The second kappa shape index (κ2) is 7.27. The van der Waals surface area contributed by atoms with Crippen LogP contribution in [0.25, 0.3) is 22.2 Å². The first-order chi connectivity index (χ1) is 13.8. The third kappa shape index (κ3) is 3.57. The molecule has 0 radical (unpaired) electrons. The Labute approximate surface area is 164 Å². The molecule has 2 aromatic carbocycles. The first kappa shape index (κ1) is 19.0. The van der Waals surface area contributed by atoms with Crippen LogP contribution in [0.1, 0.15) is 24.3 Å². The lowest BCUT2D eigenvalue weighted by molar-refractivity contribution is -0.137. The van der Waals surface area contributed by atoms with Crippen molar-refractivity contribution in [2.24, 2.45) is 11.7 Å². The van der Waals surface area contributed by atoms with Crippen LogP contribution in [0.4, 0.5) is 13.2 Å². The lowest BCUT2D eigenvalue weighted by Gasteiger charge is -2.36. The summed E-state index contributed by atoms with van der Waals surface area (Å²) < 4.78 is 41.6. The van der Waals surface area contributed by atoms with Crippen molar-refractivity contribution in [1.29, 1.82) is 0 Å². The Morgan fingerprint density at radius 3 is 2.41 bits per heavy atom. The SMILES string of the molecule is NC(=O)C(=O)NCC1CC(c2c(-c3ccc(F)cc3)[nH]c3c(F)cc(F)cc23)C1. The van der Waals surface area contributed by atoms with Gasteiger partial charge in [-0.25, -0.2) is 13.2 Å². The number of benzene rings is 2. The Morgan fingerprint density at radius 1 is 1.07 bits per heavy atom. The minimum atomic E-state index is -1.04. The third-order valence-corrected chi connectivity index (χ3v) is 5.42. The highest BCUT2D eigenvalue weighted by Gasteiger charge is 2.35. The lowest BCUT2D eigenvalue weighted by atomic mass is 9.70. The molecule has 4 N–H and O–H groups in total. The van der Waals surface area contributed by atoms with Gasteiger partial charge in [0.15, 0.2) is 0 Å². The van der Waals surface area contributed by atoms with Crippen molar-refractivity contribution in [3.63, 3.8) is 0 Å². The summed E-state index contributed by atoms with van der Waals surface area (Å²) in [5.74, 6) is -3.52. The number of rotatable bonds is 4. The second-order valence-corrected chi connectivity index (χ2v) is 7.34. The molecule has 1 aliphatic carbocycles. The number of hydrogen-bond donors (Lipinski definition) is 3. The van der Waals surface area contributed by atoms with Gasteiger partial charge in [0.25, 0.3) is 0 Å². The van der Waals surface area contributed by atoms with Crippen LogP contribution in [0.5, 0.6) is 0 Å². The number of amides is 2. The fourth-order valence-corrected chi connectivity index (χ4v) is 3.97. The number of aromatic nitrogens is 1. The van der Waals surface area contributed by atoms with E-state index in [0.29, 0.717) is 36.0 Å². The predicted molar refractivity (Wildman–Crippen MR) is 101 cm³/mol. The topological polar surface area (TPSA) is 88.0 Å². The summed E-state index contributed by atoms with van der Waals surface area (Å²) in [6, 6.07) is 7.90. The van der Waals surface area contributed by atoms with Gasteiger partial charge in [-0.15, -0.1) is 0 Å². The summed E-state index contributed by atoms with van der Waals surface area (Å²) in [6.07, 6.45) is 1.33. The molecule has 1 fully saturated rings. The number of fused-ring (bicyclic) bond motifs is 1. The van der Waals surface area contributed by atoms with E-state index in [2.05, 4.69) is 10.3 Å². The van der Waals surface area contributed by atoms with Crippen molar-refractivity contribution in [2.45, 2.75) is 18.8 Å². The molecule has 1 heterocycles. The molecular weight excluding hydrogens is 383 g/mol. The van der Waals surface area contributed by atoms with E-state index in [-0.39, 0.29) is 17.4 Å². The highest BCUT2D eigenvalue weighted by Crippen LogP contribution is 2.48. The fourth-order valence-electron chi connectivity index (χ4n) is 3.97. The van der Waals surface area contributed by atoms with Crippen molar-refractivity contribution in [2.75, 3.05) is 6.54 Å². The molecule has 1 aliphatic rings. The quantitative estimate of drug-likeness (QED) is 0.586. The summed E-state index contributed by atoms with van der Waals surface area (Å²) >= 11 is 0. The van der Waals surface area contributed by atoms with Crippen LogP contribution in [-0.2, 0) is 9.59 Å². The number of nitrogens with two attached hydrogens (primary N) is 1. The number of nitrogens with one attached hydrogen (secondary N) is 2. The maximum absolute atomic E-state index is 14.3. The highest BCUT2D eigenvalue weighted by molar-refractivity contribution is 6.34. The average molecular weight is 401 g/mol. The smallest absolute Gasteiger partial charge is 0.309 e. The number of carbonyl (C=O) groups is 2. The molecule has 1 aromatic heterocycles. The predicted octanol–water partition coefficient (Wildman–Crippen LogP) is 3.35.